The van der Waals surface area contributed by atoms with Crippen molar-refractivity contribution in [2.24, 2.45) is 0 Å². The molecule has 1 N–H and O–H groups in total. The fourth-order valence-electron chi connectivity index (χ4n) is 2.32. The van der Waals surface area contributed by atoms with Crippen molar-refractivity contribution >= 4 is 22.3 Å². The van der Waals surface area contributed by atoms with E-state index in [1.165, 1.54) is 11.5 Å². The molecule has 0 radical (unpaired) electrons. The second kappa shape index (κ2) is 5.26. The first kappa shape index (κ1) is 13.1. The molecule has 0 saturated heterocycles. The molecule has 0 amide bonds. The van der Waals surface area contributed by atoms with E-state index in [1.807, 2.05) is 24.3 Å². The molecule has 3 rings (SSSR count). The van der Waals surface area contributed by atoms with Crippen molar-refractivity contribution in [2.75, 3.05) is 0 Å². The second-order valence-electron chi connectivity index (χ2n) is 5.02. The maximum Gasteiger partial charge on any atom is 0.117 e. The number of aromatic nitrogens is 3. The van der Waals surface area contributed by atoms with Gasteiger partial charge in [0.2, 0.25) is 0 Å². The predicted octanol–water partition coefficient (Wildman–Crippen LogP) is 3.29. The highest BCUT2D eigenvalue weighted by molar-refractivity contribution is 7.05. The van der Waals surface area contributed by atoms with Gasteiger partial charge >= 0.3 is 0 Å². The Labute approximate surface area is 121 Å². The summed E-state index contributed by atoms with van der Waals surface area (Å²) in [6.45, 7) is 4.11. The zero-order chi connectivity index (χ0) is 14.1. The average Bonchev–Trinajstić information content (AvgIpc) is 2.95. The van der Waals surface area contributed by atoms with Crippen molar-refractivity contribution < 1.29 is 5.11 Å². The first-order chi connectivity index (χ1) is 9.68. The van der Waals surface area contributed by atoms with Crippen LogP contribution in [0.5, 0.6) is 0 Å². The largest absolute Gasteiger partial charge is 0.383 e. The number of hydrogen-bond donors (Lipinski definition) is 1. The minimum absolute atomic E-state index is 0.245. The van der Waals surface area contributed by atoms with Gasteiger partial charge in [0.25, 0.3) is 0 Å². The highest BCUT2D eigenvalue weighted by Gasteiger charge is 2.22. The number of aliphatic hydroxyl groups excluding tert-OH is 1. The zero-order valence-electron chi connectivity index (χ0n) is 11.3. The second-order valence-corrected chi connectivity index (χ2v) is 5.81. The summed E-state index contributed by atoms with van der Waals surface area (Å²) >= 11 is 1.26. The lowest BCUT2D eigenvalue weighted by Gasteiger charge is -2.14. The number of pyridine rings is 1. The number of fused-ring (bicyclic) bond motifs is 1. The predicted molar refractivity (Wildman–Crippen MR) is 79.8 cm³/mol. The Balaban J connectivity index is 2.13. The topological polar surface area (TPSA) is 58.9 Å². The molecule has 1 unspecified atom stereocenters. The van der Waals surface area contributed by atoms with Crippen LogP contribution in [0, 0.1) is 0 Å². The smallest absolute Gasteiger partial charge is 0.117 e. The number of hydrogen-bond acceptors (Lipinski definition) is 5. The van der Waals surface area contributed by atoms with Gasteiger partial charge in [-0.2, -0.15) is 0 Å². The van der Waals surface area contributed by atoms with Crippen molar-refractivity contribution in [1.82, 2.24) is 14.6 Å². The molecule has 0 aliphatic heterocycles. The maximum absolute atomic E-state index is 10.7. The first-order valence-corrected chi connectivity index (χ1v) is 7.28. The fraction of sp³-hybridized carbons (Fsp3) is 0.267. The molecule has 5 heteroatoms. The highest BCUT2D eigenvalue weighted by atomic mass is 32.1. The standard InChI is InChI=1S/C15H15N3OS/c1-9(2)13-15(20-18-17-13)14(19)12-5-3-4-10-8-16-7-6-11(10)12/h3-9,14,19H,1-2H3. The summed E-state index contributed by atoms with van der Waals surface area (Å²) in [7, 11) is 0. The van der Waals surface area contributed by atoms with E-state index in [1.54, 1.807) is 12.4 Å². The van der Waals surface area contributed by atoms with Crippen molar-refractivity contribution in [2.45, 2.75) is 25.9 Å². The molecule has 0 saturated carbocycles. The van der Waals surface area contributed by atoms with E-state index in [0.29, 0.717) is 0 Å². The fourth-order valence-corrected chi connectivity index (χ4v) is 3.14. The lowest BCUT2D eigenvalue weighted by Crippen LogP contribution is -2.03. The van der Waals surface area contributed by atoms with E-state index in [9.17, 15) is 5.11 Å². The molecule has 3 aromatic rings. The van der Waals surface area contributed by atoms with Crippen LogP contribution in [-0.2, 0) is 0 Å². The van der Waals surface area contributed by atoms with Gasteiger partial charge < -0.3 is 5.11 Å². The van der Waals surface area contributed by atoms with E-state index in [0.717, 1.165) is 26.9 Å². The summed E-state index contributed by atoms with van der Waals surface area (Å²) in [4.78, 5) is 4.94. The van der Waals surface area contributed by atoms with Crippen LogP contribution in [0.3, 0.4) is 0 Å². The van der Waals surface area contributed by atoms with Gasteiger partial charge in [-0.25, -0.2) is 0 Å². The molecule has 2 aromatic heterocycles. The Morgan fingerprint density at radius 3 is 2.85 bits per heavy atom. The molecule has 20 heavy (non-hydrogen) atoms. The molecule has 2 heterocycles. The van der Waals surface area contributed by atoms with Gasteiger partial charge in [0.05, 0.1) is 10.6 Å². The van der Waals surface area contributed by atoms with Gasteiger partial charge in [0.1, 0.15) is 6.10 Å². The Hall–Kier alpha value is -1.85. The summed E-state index contributed by atoms with van der Waals surface area (Å²) in [5, 5.41) is 16.9. The zero-order valence-corrected chi connectivity index (χ0v) is 12.1. The van der Waals surface area contributed by atoms with Gasteiger partial charge in [-0.15, -0.1) is 5.10 Å². The number of benzene rings is 1. The molecule has 0 aliphatic carbocycles. The molecule has 1 atom stereocenters. The Morgan fingerprint density at radius 1 is 1.20 bits per heavy atom. The molecular weight excluding hydrogens is 270 g/mol. The van der Waals surface area contributed by atoms with Crippen molar-refractivity contribution in [1.29, 1.82) is 0 Å². The Kier molecular flexibility index (Phi) is 3.46. The summed E-state index contributed by atoms with van der Waals surface area (Å²) in [5.41, 5.74) is 1.74. The number of rotatable bonds is 3. The maximum atomic E-state index is 10.7. The van der Waals surface area contributed by atoms with Crippen molar-refractivity contribution in [3.05, 3.63) is 52.8 Å². The van der Waals surface area contributed by atoms with Crippen LogP contribution in [0.1, 0.15) is 42.0 Å². The normalized spacial score (nSPS) is 13.0. The molecule has 0 spiro atoms. The monoisotopic (exact) mass is 285 g/mol. The quantitative estimate of drug-likeness (QED) is 0.802. The first-order valence-electron chi connectivity index (χ1n) is 6.51. The van der Waals surface area contributed by atoms with Gasteiger partial charge in [0, 0.05) is 17.8 Å². The number of aliphatic hydroxyl groups is 1. The highest BCUT2D eigenvalue weighted by Crippen LogP contribution is 2.33. The van der Waals surface area contributed by atoms with Crippen LogP contribution in [0.2, 0.25) is 0 Å². The molecule has 0 bridgehead atoms. The Morgan fingerprint density at radius 2 is 2.05 bits per heavy atom. The third-order valence-electron chi connectivity index (χ3n) is 3.34. The van der Waals surface area contributed by atoms with E-state index in [4.69, 9.17) is 0 Å². The average molecular weight is 285 g/mol. The molecule has 1 aromatic carbocycles. The van der Waals surface area contributed by atoms with Crippen molar-refractivity contribution in [3.8, 4) is 0 Å². The summed E-state index contributed by atoms with van der Waals surface area (Å²) < 4.78 is 3.99. The SMILES string of the molecule is CC(C)c1nnsc1C(O)c1cccc2cnccc12. The number of nitrogens with zero attached hydrogens (tertiary/aromatic N) is 3. The van der Waals surface area contributed by atoms with Crippen molar-refractivity contribution in [3.63, 3.8) is 0 Å². The molecular formula is C15H15N3OS. The van der Waals surface area contributed by atoms with Crippen LogP contribution < -0.4 is 0 Å². The van der Waals surface area contributed by atoms with Gasteiger partial charge in [-0.1, -0.05) is 36.5 Å². The van der Waals surface area contributed by atoms with E-state index in [-0.39, 0.29) is 5.92 Å². The van der Waals surface area contributed by atoms with Gasteiger partial charge in [-0.3, -0.25) is 4.98 Å². The summed E-state index contributed by atoms with van der Waals surface area (Å²) in [6, 6.07) is 7.80. The van der Waals surface area contributed by atoms with Crippen LogP contribution in [0.25, 0.3) is 10.8 Å². The third kappa shape index (κ3) is 2.19. The Bertz CT molecular complexity index is 733. The summed E-state index contributed by atoms with van der Waals surface area (Å²) in [5.74, 6) is 0.245. The van der Waals surface area contributed by atoms with Crippen LogP contribution in [0.15, 0.2) is 36.7 Å². The minimum Gasteiger partial charge on any atom is -0.383 e. The van der Waals surface area contributed by atoms with Crippen LogP contribution in [-0.4, -0.2) is 19.7 Å². The third-order valence-corrected chi connectivity index (χ3v) is 4.14. The lowest BCUT2D eigenvalue weighted by molar-refractivity contribution is 0.224. The lowest BCUT2D eigenvalue weighted by atomic mass is 9.98. The van der Waals surface area contributed by atoms with Gasteiger partial charge in [-0.05, 0) is 34.5 Å². The molecule has 4 nitrogen and oxygen atoms in total. The van der Waals surface area contributed by atoms with E-state index < -0.39 is 6.10 Å². The molecule has 102 valence electrons. The van der Waals surface area contributed by atoms with E-state index >= 15 is 0 Å². The van der Waals surface area contributed by atoms with E-state index in [2.05, 4.69) is 28.4 Å². The minimum atomic E-state index is -0.696. The molecule has 0 aliphatic rings. The molecule has 0 fully saturated rings. The van der Waals surface area contributed by atoms with Crippen LogP contribution in [0.4, 0.5) is 0 Å². The van der Waals surface area contributed by atoms with Gasteiger partial charge in [0.15, 0.2) is 0 Å². The van der Waals surface area contributed by atoms with Crippen LogP contribution >= 0.6 is 11.5 Å². The summed E-state index contributed by atoms with van der Waals surface area (Å²) in [6.07, 6.45) is 2.85.